The van der Waals surface area contributed by atoms with Gasteiger partial charge in [-0.1, -0.05) is 0 Å². The molecule has 1 N–H and O–H groups in total. The summed E-state index contributed by atoms with van der Waals surface area (Å²) in [4.78, 5) is 0. The molecule has 0 atom stereocenters. The largest absolute Gasteiger partial charge is 0.503 e. The fourth-order valence-corrected chi connectivity index (χ4v) is 0. The van der Waals surface area contributed by atoms with E-state index in [1.54, 1.807) is 0 Å². The second-order valence-electron chi connectivity index (χ2n) is 0.201. The Morgan fingerprint density at radius 2 is 1.40 bits per heavy atom. The molecule has 0 unspecified atom stereocenters. The predicted octanol–water partition coefficient (Wildman–Crippen LogP) is -6.31. The Balaban J connectivity index is 0. The Hall–Kier alpha value is 1.49. The van der Waals surface area contributed by atoms with E-state index in [4.69, 9.17) is 10.3 Å². The third-order valence-electron chi connectivity index (χ3n) is 0. The van der Waals surface area contributed by atoms with E-state index in [0.717, 1.165) is 0 Å². The summed E-state index contributed by atoms with van der Waals surface area (Å²) >= 11 is -3.76. The number of hydrogen-bond donors (Lipinski definition) is 1. The molecule has 0 aliphatic carbocycles. The molecule has 0 saturated heterocycles. The van der Waals surface area contributed by atoms with Gasteiger partial charge in [0.1, 0.15) is 0 Å². The van der Waals surface area contributed by atoms with Crippen molar-refractivity contribution in [1.29, 1.82) is 0 Å². The summed E-state index contributed by atoms with van der Waals surface area (Å²) in [5.41, 5.74) is 0. The third kappa shape index (κ3) is 30.1. The van der Waals surface area contributed by atoms with Crippen molar-refractivity contribution in [3.8, 4) is 0 Å². The average Bonchev–Trinajstić information content (AvgIpc) is 0.811. The van der Waals surface area contributed by atoms with Gasteiger partial charge in [-0.05, 0) is 3.44 Å². The van der Waals surface area contributed by atoms with Gasteiger partial charge in [0, 0.05) is 26.2 Å². The quantitative estimate of drug-likeness (QED) is 0.334. The molecule has 0 spiro atoms. The first-order valence-electron chi connectivity index (χ1n) is 0.478. The van der Waals surface area contributed by atoms with Gasteiger partial charge in [0.15, 0.2) is 0 Å². The second-order valence-corrected chi connectivity index (χ2v) is 1.35. The first-order valence-corrected chi connectivity index (χ1v) is 3.20. The minimum Gasteiger partial charge on any atom is -0.396 e. The maximum absolute atomic E-state index is 8.68. The van der Waals surface area contributed by atoms with Crippen LogP contribution in [-0.2, 0) is 0 Å². The van der Waals surface area contributed by atoms with Crippen molar-refractivity contribution in [1.82, 2.24) is 0 Å². The Labute approximate surface area is 57.2 Å². The zero-order chi connectivity index (χ0) is 3.58. The Morgan fingerprint density at radius 3 is 1.40 bits per heavy atom. The molecule has 0 aromatic carbocycles. The van der Waals surface area contributed by atoms with E-state index >= 15 is 0 Å². The Kier molecular flexibility index (Phi) is 10.7. The van der Waals surface area contributed by atoms with E-state index < -0.39 is 21.1 Å². The summed E-state index contributed by atoms with van der Waals surface area (Å²) in [6.45, 7) is 0. The molecular formula is HBiIO3. The van der Waals surface area contributed by atoms with Gasteiger partial charge in [0.2, 0.25) is 0 Å². The van der Waals surface area contributed by atoms with Crippen LogP contribution in [0, 0.1) is 0 Å². The Bertz CT molecular complexity index is 11.6. The Morgan fingerprint density at radius 1 is 1.40 bits per heavy atom. The van der Waals surface area contributed by atoms with Gasteiger partial charge in [-0.2, -0.15) is 0 Å². The van der Waals surface area contributed by atoms with Crippen molar-refractivity contribution in [2.45, 2.75) is 0 Å². The molecule has 0 aliphatic rings. The molecule has 0 bridgehead atoms. The second kappa shape index (κ2) is 5.49. The number of halogens is 1. The van der Waals surface area contributed by atoms with Crippen LogP contribution in [0.3, 0.4) is 0 Å². The normalized spacial score (nSPS) is 7.20. The topological polar surface area (TPSA) is 66.3 Å². The van der Waals surface area contributed by atoms with Crippen molar-refractivity contribution in [3.05, 3.63) is 0 Å². The van der Waals surface area contributed by atoms with E-state index in [1.807, 2.05) is 0 Å². The summed E-state index contributed by atoms with van der Waals surface area (Å²) in [7, 11) is 0. The summed E-state index contributed by atoms with van der Waals surface area (Å²) in [5, 5.41) is 0. The van der Waals surface area contributed by atoms with Crippen LogP contribution < -0.4 is 27.9 Å². The minimum absolute atomic E-state index is 0. The molecular weight excluding hydrogens is 384 g/mol. The fraction of sp³-hybridized carbons (Fsp3) is 0. The van der Waals surface area contributed by atoms with Gasteiger partial charge >= 0.3 is 21.1 Å². The molecule has 0 saturated carbocycles. The van der Waals surface area contributed by atoms with Crippen LogP contribution in [0.5, 0.6) is 0 Å². The van der Waals surface area contributed by atoms with Gasteiger partial charge in [-0.25, -0.2) is 0 Å². The molecule has 3 radical (unpaired) electrons. The van der Waals surface area contributed by atoms with Crippen LogP contribution in [0.4, 0.5) is 0 Å². The van der Waals surface area contributed by atoms with E-state index in [-0.39, 0.29) is 26.2 Å². The van der Waals surface area contributed by atoms with E-state index in [1.165, 1.54) is 0 Å². The minimum atomic E-state index is -3.76. The molecule has 0 aromatic heterocycles. The number of hydrogen-bond acceptors (Lipinski definition) is 3. The van der Waals surface area contributed by atoms with Gasteiger partial charge in [-0.15, -0.1) is 0 Å². The van der Waals surface area contributed by atoms with E-state index in [0.29, 0.717) is 0 Å². The summed E-state index contributed by atoms with van der Waals surface area (Å²) in [6.07, 6.45) is 0. The van der Waals surface area contributed by atoms with Crippen LogP contribution in [0.2, 0.25) is 0 Å². The van der Waals surface area contributed by atoms with Gasteiger partial charge in [0.05, 0.1) is 0 Å². The molecule has 0 amide bonds. The van der Waals surface area contributed by atoms with Crippen molar-refractivity contribution < 1.29 is 31.4 Å². The maximum Gasteiger partial charge on any atom is 0.503 e. The van der Waals surface area contributed by atoms with Crippen molar-refractivity contribution >= 4 is 26.2 Å². The van der Waals surface area contributed by atoms with Crippen LogP contribution in [0.15, 0.2) is 0 Å². The predicted molar refractivity (Wildman–Crippen MR) is 7.97 cm³/mol. The zero-order valence-corrected chi connectivity index (χ0v) is 7.72. The molecule has 5 heteroatoms. The molecule has 0 aliphatic heterocycles. The van der Waals surface area contributed by atoms with E-state index in [9.17, 15) is 0 Å². The third-order valence-corrected chi connectivity index (χ3v) is 0. The average molecular weight is 385 g/mol. The standard InChI is InChI=1S/Bi.HIO3/c;2-1(3)4/h;2H. The fourth-order valence-electron chi connectivity index (χ4n) is 0. The van der Waals surface area contributed by atoms with Crippen molar-refractivity contribution in [3.63, 3.8) is 0 Å². The van der Waals surface area contributed by atoms with Gasteiger partial charge in [-0.3, -0.25) is 0 Å². The molecule has 3 nitrogen and oxygen atoms in total. The summed E-state index contributed by atoms with van der Waals surface area (Å²) in [6, 6.07) is 0. The number of rotatable bonds is 0. The van der Waals surface area contributed by atoms with Crippen LogP contribution in [0.1, 0.15) is 0 Å². The summed E-state index contributed by atoms with van der Waals surface area (Å²) in [5.74, 6) is 0. The maximum atomic E-state index is 8.68. The van der Waals surface area contributed by atoms with Crippen LogP contribution >= 0.6 is 0 Å². The van der Waals surface area contributed by atoms with Crippen molar-refractivity contribution in [2.75, 3.05) is 0 Å². The molecule has 0 heterocycles. The van der Waals surface area contributed by atoms with E-state index in [2.05, 4.69) is 0 Å². The first-order chi connectivity index (χ1) is 1.73. The first kappa shape index (κ1) is 9.70. The molecule has 0 fully saturated rings. The molecule has 0 aromatic rings. The van der Waals surface area contributed by atoms with Crippen molar-refractivity contribution in [2.24, 2.45) is 0 Å². The van der Waals surface area contributed by atoms with Crippen LogP contribution in [0.25, 0.3) is 0 Å². The molecule has 0 rings (SSSR count). The molecule has 5 heavy (non-hydrogen) atoms. The van der Waals surface area contributed by atoms with Gasteiger partial charge in [0.25, 0.3) is 0 Å². The summed E-state index contributed by atoms with van der Waals surface area (Å²) < 4.78 is 24.5. The molecule has 31 valence electrons. The smallest absolute Gasteiger partial charge is 0.396 e. The SMILES string of the molecule is [Bi].[O-][I+2]([O-])O. The van der Waals surface area contributed by atoms with Gasteiger partial charge < -0.3 is 6.87 Å². The monoisotopic (exact) mass is 385 g/mol. The zero-order valence-electron chi connectivity index (χ0n) is 2.09. The van der Waals surface area contributed by atoms with Crippen LogP contribution in [-0.4, -0.2) is 29.6 Å².